The van der Waals surface area contributed by atoms with E-state index in [1.165, 1.54) is 0 Å². The molecule has 0 heterocycles. The van der Waals surface area contributed by atoms with E-state index >= 15 is 0 Å². The Morgan fingerprint density at radius 1 is 1.19 bits per heavy atom. The van der Waals surface area contributed by atoms with Gasteiger partial charge in [0.2, 0.25) is 0 Å². The van der Waals surface area contributed by atoms with Gasteiger partial charge in [-0.1, -0.05) is 43.0 Å². The van der Waals surface area contributed by atoms with Crippen molar-refractivity contribution in [1.82, 2.24) is 4.90 Å². The van der Waals surface area contributed by atoms with Gasteiger partial charge in [0.05, 0.1) is 7.11 Å². The number of hydrogen-bond donors (Lipinski definition) is 1. The third-order valence-electron chi connectivity index (χ3n) is 3.90. The maximum Gasteiger partial charge on any atom is 0.254 e. The van der Waals surface area contributed by atoms with Gasteiger partial charge in [-0.05, 0) is 36.7 Å². The Hall–Kier alpha value is -2.79. The zero-order chi connectivity index (χ0) is 18.8. The van der Waals surface area contributed by atoms with Gasteiger partial charge in [-0.15, -0.1) is 0 Å². The molecule has 138 valence electrons. The SMILES string of the molecule is C=CCOc1ccc(C(=O)N(CCCN)Cc2ccccc2)cc1OC. The van der Waals surface area contributed by atoms with Crippen molar-refractivity contribution in [2.24, 2.45) is 5.73 Å². The van der Waals surface area contributed by atoms with Crippen molar-refractivity contribution in [3.8, 4) is 11.5 Å². The minimum atomic E-state index is -0.0594. The molecule has 0 fully saturated rings. The van der Waals surface area contributed by atoms with Gasteiger partial charge in [-0.25, -0.2) is 0 Å². The molecule has 1 amide bonds. The van der Waals surface area contributed by atoms with Crippen LogP contribution in [-0.2, 0) is 6.54 Å². The summed E-state index contributed by atoms with van der Waals surface area (Å²) in [6.45, 7) is 5.68. The standard InChI is InChI=1S/C21H26N2O3/c1-3-14-26-19-11-10-18(15-20(19)25-2)21(24)23(13-7-12-22)16-17-8-5-4-6-9-17/h3-6,8-11,15H,1,7,12-14,16,22H2,2H3. The van der Waals surface area contributed by atoms with Crippen molar-refractivity contribution >= 4 is 5.91 Å². The molecule has 5 nitrogen and oxygen atoms in total. The molecule has 2 rings (SSSR count). The summed E-state index contributed by atoms with van der Waals surface area (Å²) in [6, 6.07) is 15.1. The van der Waals surface area contributed by atoms with E-state index in [-0.39, 0.29) is 5.91 Å². The molecule has 2 N–H and O–H groups in total. The van der Waals surface area contributed by atoms with Gasteiger partial charge in [0, 0.05) is 18.7 Å². The molecule has 0 radical (unpaired) electrons. The quantitative estimate of drug-likeness (QED) is 0.665. The number of carbonyl (C=O) groups is 1. The fourth-order valence-electron chi connectivity index (χ4n) is 2.59. The monoisotopic (exact) mass is 354 g/mol. The van der Waals surface area contributed by atoms with E-state index in [9.17, 15) is 4.79 Å². The van der Waals surface area contributed by atoms with Gasteiger partial charge in [0.1, 0.15) is 6.61 Å². The summed E-state index contributed by atoms with van der Waals surface area (Å²) in [5.41, 5.74) is 7.27. The van der Waals surface area contributed by atoms with E-state index in [1.54, 1.807) is 36.3 Å². The van der Waals surface area contributed by atoms with E-state index in [0.29, 0.717) is 43.3 Å². The Bertz CT molecular complexity index is 716. The zero-order valence-corrected chi connectivity index (χ0v) is 15.2. The highest BCUT2D eigenvalue weighted by atomic mass is 16.5. The van der Waals surface area contributed by atoms with E-state index in [0.717, 1.165) is 12.0 Å². The first-order valence-electron chi connectivity index (χ1n) is 8.64. The molecule has 5 heteroatoms. The summed E-state index contributed by atoms with van der Waals surface area (Å²) in [7, 11) is 1.56. The summed E-state index contributed by atoms with van der Waals surface area (Å²) >= 11 is 0. The predicted octanol–water partition coefficient (Wildman–Crippen LogP) is 3.25. The van der Waals surface area contributed by atoms with Crippen molar-refractivity contribution in [3.05, 3.63) is 72.3 Å². The number of ether oxygens (including phenoxy) is 2. The Kier molecular flexibility index (Phi) is 7.71. The van der Waals surface area contributed by atoms with Gasteiger partial charge in [-0.3, -0.25) is 4.79 Å². The number of rotatable bonds is 10. The highest BCUT2D eigenvalue weighted by Gasteiger charge is 2.18. The van der Waals surface area contributed by atoms with Gasteiger partial charge >= 0.3 is 0 Å². The van der Waals surface area contributed by atoms with E-state index < -0.39 is 0 Å². The largest absolute Gasteiger partial charge is 0.493 e. The number of benzene rings is 2. The highest BCUT2D eigenvalue weighted by Crippen LogP contribution is 2.28. The third-order valence-corrected chi connectivity index (χ3v) is 3.90. The molecule has 2 aromatic rings. The molecule has 0 saturated heterocycles. The Balaban J connectivity index is 2.21. The molecule has 0 saturated carbocycles. The molecule has 0 aliphatic heterocycles. The number of hydrogen-bond acceptors (Lipinski definition) is 4. The summed E-state index contributed by atoms with van der Waals surface area (Å²) in [4.78, 5) is 14.8. The number of nitrogens with zero attached hydrogens (tertiary/aromatic N) is 1. The maximum absolute atomic E-state index is 13.0. The molecule has 0 unspecified atom stereocenters. The lowest BCUT2D eigenvalue weighted by atomic mass is 10.1. The van der Waals surface area contributed by atoms with Crippen LogP contribution in [0, 0.1) is 0 Å². The van der Waals surface area contributed by atoms with Crippen LogP contribution in [-0.4, -0.2) is 37.6 Å². The van der Waals surface area contributed by atoms with Crippen LogP contribution in [0.2, 0.25) is 0 Å². The second-order valence-corrected chi connectivity index (χ2v) is 5.82. The lowest BCUT2D eigenvalue weighted by molar-refractivity contribution is 0.0742. The smallest absolute Gasteiger partial charge is 0.254 e. The van der Waals surface area contributed by atoms with E-state index in [2.05, 4.69) is 6.58 Å². The van der Waals surface area contributed by atoms with Crippen LogP contribution in [0.4, 0.5) is 0 Å². The molecule has 0 aromatic heterocycles. The second-order valence-electron chi connectivity index (χ2n) is 5.82. The Labute approximate surface area is 155 Å². The van der Waals surface area contributed by atoms with E-state index in [1.807, 2.05) is 30.3 Å². The zero-order valence-electron chi connectivity index (χ0n) is 15.2. The molecule has 0 bridgehead atoms. The molecule has 0 atom stereocenters. The Morgan fingerprint density at radius 2 is 1.96 bits per heavy atom. The van der Waals surface area contributed by atoms with E-state index in [4.69, 9.17) is 15.2 Å². The average Bonchev–Trinajstić information content (AvgIpc) is 2.69. The van der Waals surface area contributed by atoms with Crippen LogP contribution in [0.25, 0.3) is 0 Å². The fraction of sp³-hybridized carbons (Fsp3) is 0.286. The maximum atomic E-state index is 13.0. The van der Waals surface area contributed by atoms with Crippen molar-refractivity contribution in [2.45, 2.75) is 13.0 Å². The van der Waals surface area contributed by atoms with Gasteiger partial charge in [0.15, 0.2) is 11.5 Å². The first-order valence-corrected chi connectivity index (χ1v) is 8.64. The average molecular weight is 354 g/mol. The third kappa shape index (κ3) is 5.36. The molecule has 2 aromatic carbocycles. The fourth-order valence-corrected chi connectivity index (χ4v) is 2.59. The van der Waals surface area contributed by atoms with Gasteiger partial charge in [-0.2, -0.15) is 0 Å². The van der Waals surface area contributed by atoms with Crippen LogP contribution in [0.15, 0.2) is 61.2 Å². The van der Waals surface area contributed by atoms with Crippen LogP contribution in [0.1, 0.15) is 22.3 Å². The second kappa shape index (κ2) is 10.3. The number of methoxy groups -OCH3 is 1. The number of amides is 1. The minimum Gasteiger partial charge on any atom is -0.493 e. The first-order chi connectivity index (χ1) is 12.7. The first kappa shape index (κ1) is 19.5. The minimum absolute atomic E-state index is 0.0594. The highest BCUT2D eigenvalue weighted by molar-refractivity contribution is 5.95. The molecule has 0 aliphatic carbocycles. The van der Waals surface area contributed by atoms with Crippen molar-refractivity contribution in [1.29, 1.82) is 0 Å². The topological polar surface area (TPSA) is 64.8 Å². The summed E-state index contributed by atoms with van der Waals surface area (Å²) in [5, 5.41) is 0. The molecule has 0 spiro atoms. The van der Waals surface area contributed by atoms with Gasteiger partial charge in [0.25, 0.3) is 5.91 Å². The van der Waals surface area contributed by atoms with Crippen LogP contribution < -0.4 is 15.2 Å². The van der Waals surface area contributed by atoms with Crippen LogP contribution >= 0.6 is 0 Å². The van der Waals surface area contributed by atoms with Crippen LogP contribution in [0.3, 0.4) is 0 Å². The molecule has 26 heavy (non-hydrogen) atoms. The molecular formula is C21H26N2O3. The summed E-state index contributed by atoms with van der Waals surface area (Å²) in [5.74, 6) is 1.05. The molecular weight excluding hydrogens is 328 g/mol. The van der Waals surface area contributed by atoms with Gasteiger partial charge < -0.3 is 20.1 Å². The molecule has 0 aliphatic rings. The van der Waals surface area contributed by atoms with Crippen molar-refractivity contribution < 1.29 is 14.3 Å². The lowest BCUT2D eigenvalue weighted by Gasteiger charge is -2.23. The Morgan fingerprint density at radius 3 is 2.62 bits per heavy atom. The van der Waals surface area contributed by atoms with Crippen LogP contribution in [0.5, 0.6) is 11.5 Å². The lowest BCUT2D eigenvalue weighted by Crippen LogP contribution is -2.32. The number of carbonyl (C=O) groups excluding carboxylic acids is 1. The number of nitrogens with two attached hydrogens (primary N) is 1. The van der Waals surface area contributed by atoms with Crippen molar-refractivity contribution in [3.63, 3.8) is 0 Å². The summed E-state index contributed by atoms with van der Waals surface area (Å²) in [6.07, 6.45) is 2.41. The predicted molar refractivity (Wildman–Crippen MR) is 104 cm³/mol. The van der Waals surface area contributed by atoms with Crippen molar-refractivity contribution in [2.75, 3.05) is 26.8 Å². The normalized spacial score (nSPS) is 10.2. The summed E-state index contributed by atoms with van der Waals surface area (Å²) < 4.78 is 10.9.